The normalized spacial score (nSPS) is 15.0. The van der Waals surface area contributed by atoms with Crippen LogP contribution in [0.4, 0.5) is 0 Å². The molecule has 4 heterocycles. The minimum absolute atomic E-state index is 0.0560. The van der Waals surface area contributed by atoms with Crippen LogP contribution in [0, 0.1) is 0 Å². The lowest BCUT2D eigenvalue weighted by Crippen LogP contribution is -2.06. The first kappa shape index (κ1) is 24.8. The fourth-order valence-electron chi connectivity index (χ4n) is 6.44. The summed E-state index contributed by atoms with van der Waals surface area (Å²) in [5, 5.41) is 4.28. The van der Waals surface area contributed by atoms with Gasteiger partial charge < -0.3 is 8.83 Å². The first-order valence-electron chi connectivity index (χ1n) is 14.8. The van der Waals surface area contributed by atoms with Crippen LogP contribution in [-0.4, -0.2) is 15.0 Å². The van der Waals surface area contributed by atoms with E-state index in [0.717, 1.165) is 78.4 Å². The van der Waals surface area contributed by atoms with Crippen LogP contribution in [0.5, 0.6) is 0 Å². The molecule has 0 aliphatic heterocycles. The van der Waals surface area contributed by atoms with Gasteiger partial charge in [-0.05, 0) is 54.0 Å². The van der Waals surface area contributed by atoms with Crippen LogP contribution in [0.1, 0.15) is 23.6 Å². The Labute approximate surface area is 252 Å². The third kappa shape index (κ3) is 3.97. The van der Waals surface area contributed by atoms with Crippen LogP contribution in [-0.2, 0) is 0 Å². The summed E-state index contributed by atoms with van der Waals surface area (Å²) < 4.78 is 12.9. The number of aromatic nitrogens is 3. The predicted molar refractivity (Wildman–Crippen MR) is 176 cm³/mol. The maximum Gasteiger partial charge on any atom is 0.163 e. The lowest BCUT2D eigenvalue weighted by atomic mass is 9.88. The first-order chi connectivity index (χ1) is 21.8. The largest absolute Gasteiger partial charge is 0.455 e. The molecule has 1 atom stereocenters. The fourth-order valence-corrected chi connectivity index (χ4v) is 6.44. The number of nitrogens with zero attached hydrogens (tertiary/aromatic N) is 3. The molecule has 0 saturated carbocycles. The van der Waals surface area contributed by atoms with Gasteiger partial charge in [-0.3, -0.25) is 4.98 Å². The van der Waals surface area contributed by atoms with Crippen LogP contribution in [0.3, 0.4) is 0 Å². The number of allylic oxidation sites excluding steroid dienone is 4. The van der Waals surface area contributed by atoms with E-state index in [-0.39, 0.29) is 5.92 Å². The van der Waals surface area contributed by atoms with Crippen molar-refractivity contribution in [2.75, 3.05) is 0 Å². The molecule has 0 amide bonds. The second-order valence-electron chi connectivity index (χ2n) is 11.2. The molecular weight excluding hydrogens is 542 g/mol. The highest BCUT2D eigenvalue weighted by molar-refractivity contribution is 6.10. The summed E-state index contributed by atoms with van der Waals surface area (Å²) in [5.41, 5.74) is 9.21. The monoisotopic (exact) mass is 567 g/mol. The molecule has 1 unspecified atom stereocenters. The van der Waals surface area contributed by atoms with Gasteiger partial charge in [0.15, 0.2) is 5.82 Å². The van der Waals surface area contributed by atoms with Crippen LogP contribution in [0.15, 0.2) is 143 Å². The van der Waals surface area contributed by atoms with Crippen molar-refractivity contribution in [3.8, 4) is 22.6 Å². The zero-order chi connectivity index (χ0) is 29.0. The molecule has 0 spiro atoms. The minimum Gasteiger partial charge on any atom is -0.455 e. The number of hydrogen-bond donors (Lipinski definition) is 0. The first-order valence-corrected chi connectivity index (χ1v) is 14.8. The number of hydrogen-bond acceptors (Lipinski definition) is 5. The SMILES string of the molecule is C1=CC(c2cc(-c3cccc4c3oc3ccccc34)nc(-c3cccc4c3oc3ccccc34)n2)CC(c2cccnc2)=C1. The van der Waals surface area contributed by atoms with Crippen LogP contribution >= 0.6 is 0 Å². The molecule has 5 heteroatoms. The van der Waals surface area contributed by atoms with Crippen LogP contribution < -0.4 is 0 Å². The van der Waals surface area contributed by atoms with E-state index in [1.54, 1.807) is 6.20 Å². The van der Waals surface area contributed by atoms with Gasteiger partial charge in [0.2, 0.25) is 0 Å². The number of fused-ring (bicyclic) bond motifs is 6. The van der Waals surface area contributed by atoms with Crippen molar-refractivity contribution in [2.45, 2.75) is 12.3 Å². The number of benzene rings is 4. The van der Waals surface area contributed by atoms with Crippen molar-refractivity contribution in [3.05, 3.63) is 145 Å². The van der Waals surface area contributed by atoms with Crippen molar-refractivity contribution in [3.63, 3.8) is 0 Å². The number of rotatable bonds is 4. The molecule has 0 saturated heterocycles. The van der Waals surface area contributed by atoms with Gasteiger partial charge in [0.25, 0.3) is 0 Å². The highest BCUT2D eigenvalue weighted by Gasteiger charge is 2.22. The Morgan fingerprint density at radius 2 is 1.32 bits per heavy atom. The van der Waals surface area contributed by atoms with Gasteiger partial charge in [-0.15, -0.1) is 0 Å². The van der Waals surface area contributed by atoms with E-state index in [0.29, 0.717) is 5.82 Å². The van der Waals surface area contributed by atoms with Crippen LogP contribution in [0.2, 0.25) is 0 Å². The quantitative estimate of drug-likeness (QED) is 0.212. The summed E-state index contributed by atoms with van der Waals surface area (Å²) in [6.07, 6.45) is 11.0. The zero-order valence-corrected chi connectivity index (χ0v) is 23.6. The Hall–Kier alpha value is -5.81. The average molecular weight is 568 g/mol. The van der Waals surface area contributed by atoms with Crippen molar-refractivity contribution >= 4 is 49.5 Å². The van der Waals surface area contributed by atoms with Gasteiger partial charge in [-0.25, -0.2) is 9.97 Å². The molecule has 0 bridgehead atoms. The summed E-state index contributed by atoms with van der Waals surface area (Å²) in [6, 6.07) is 35.0. The fraction of sp³-hybridized carbons (Fsp3) is 0.0513. The van der Waals surface area contributed by atoms with Crippen LogP contribution in [0.25, 0.3) is 72.1 Å². The Balaban J connectivity index is 1.26. The maximum absolute atomic E-state index is 6.44. The Morgan fingerprint density at radius 1 is 0.636 bits per heavy atom. The third-order valence-corrected chi connectivity index (χ3v) is 8.56. The van der Waals surface area contributed by atoms with E-state index < -0.39 is 0 Å². The molecule has 4 aromatic carbocycles. The van der Waals surface area contributed by atoms with E-state index in [2.05, 4.69) is 77.8 Å². The Morgan fingerprint density at radius 3 is 2.05 bits per heavy atom. The highest BCUT2D eigenvalue weighted by Crippen LogP contribution is 2.40. The van der Waals surface area contributed by atoms with E-state index in [4.69, 9.17) is 18.8 Å². The Kier molecular flexibility index (Phi) is 5.56. The molecule has 9 rings (SSSR count). The van der Waals surface area contributed by atoms with Gasteiger partial charge >= 0.3 is 0 Å². The second kappa shape index (κ2) is 9.89. The zero-order valence-electron chi connectivity index (χ0n) is 23.6. The van der Waals surface area contributed by atoms with E-state index in [1.165, 1.54) is 5.57 Å². The number of para-hydroxylation sites is 4. The molecular formula is C39H25N3O2. The predicted octanol–water partition coefficient (Wildman–Crippen LogP) is 10.1. The summed E-state index contributed by atoms with van der Waals surface area (Å²) in [6.45, 7) is 0. The van der Waals surface area contributed by atoms with Crippen molar-refractivity contribution in [1.82, 2.24) is 15.0 Å². The van der Waals surface area contributed by atoms with E-state index >= 15 is 0 Å². The number of furan rings is 2. The van der Waals surface area contributed by atoms with Crippen molar-refractivity contribution in [1.29, 1.82) is 0 Å². The second-order valence-corrected chi connectivity index (χ2v) is 11.2. The van der Waals surface area contributed by atoms with E-state index in [9.17, 15) is 0 Å². The molecule has 44 heavy (non-hydrogen) atoms. The minimum atomic E-state index is 0.0560. The van der Waals surface area contributed by atoms with Gasteiger partial charge in [-0.1, -0.05) is 85.0 Å². The van der Waals surface area contributed by atoms with Crippen molar-refractivity contribution < 1.29 is 8.83 Å². The molecule has 5 nitrogen and oxygen atoms in total. The summed E-state index contributed by atoms with van der Waals surface area (Å²) in [4.78, 5) is 14.8. The summed E-state index contributed by atoms with van der Waals surface area (Å²) in [5.74, 6) is 0.682. The molecule has 208 valence electrons. The lowest BCUT2D eigenvalue weighted by Gasteiger charge is -2.20. The van der Waals surface area contributed by atoms with Gasteiger partial charge in [0.05, 0.1) is 17.0 Å². The summed E-state index contributed by atoms with van der Waals surface area (Å²) in [7, 11) is 0. The third-order valence-electron chi connectivity index (χ3n) is 8.56. The van der Waals surface area contributed by atoms with E-state index in [1.807, 2.05) is 54.7 Å². The maximum atomic E-state index is 6.44. The smallest absolute Gasteiger partial charge is 0.163 e. The standard InChI is InChI=1S/C39H25N3O2/c1-3-18-35-27(12-1)29-14-6-16-31(37(29)43-35)34-22-33(25-10-5-9-24(21-25)26-11-8-20-40-23-26)41-39(42-34)32-17-7-15-30-28-13-2-4-19-36(28)44-38(30)32/h1-20,22-23,25H,21H2. The number of pyridine rings is 1. The molecule has 4 aromatic heterocycles. The lowest BCUT2D eigenvalue weighted by molar-refractivity contribution is 0.669. The van der Waals surface area contributed by atoms with Crippen molar-refractivity contribution in [2.24, 2.45) is 0 Å². The van der Waals surface area contributed by atoms with Gasteiger partial charge in [-0.2, -0.15) is 0 Å². The van der Waals surface area contributed by atoms with Gasteiger partial charge in [0, 0.05) is 45.4 Å². The average Bonchev–Trinajstić information content (AvgIpc) is 3.67. The molecule has 0 radical (unpaired) electrons. The summed E-state index contributed by atoms with van der Waals surface area (Å²) >= 11 is 0. The molecule has 1 aliphatic carbocycles. The van der Waals surface area contributed by atoms with Gasteiger partial charge in [0.1, 0.15) is 22.3 Å². The molecule has 1 aliphatic rings. The molecule has 8 aromatic rings. The highest BCUT2D eigenvalue weighted by atomic mass is 16.3. The molecule has 0 fully saturated rings. The topological polar surface area (TPSA) is 65.0 Å². The Bertz CT molecular complexity index is 2300. The molecule has 0 N–H and O–H groups in total.